The van der Waals surface area contributed by atoms with E-state index >= 15 is 0 Å². The number of amides is 2. The van der Waals surface area contributed by atoms with Crippen molar-refractivity contribution < 1.29 is 37.3 Å². The lowest BCUT2D eigenvalue weighted by Gasteiger charge is -2.30. The molecule has 5 rings (SSSR count). The third-order valence-electron chi connectivity index (χ3n) is 7.23. The number of sulfonamides is 1. The van der Waals surface area contributed by atoms with Gasteiger partial charge in [0.05, 0.1) is 35.6 Å². The van der Waals surface area contributed by atoms with Gasteiger partial charge < -0.3 is 24.6 Å². The number of thiazole rings is 1. The quantitative estimate of drug-likeness (QED) is 0.274. The van der Waals surface area contributed by atoms with Gasteiger partial charge in [-0.2, -0.15) is 4.31 Å². The Kier molecular flexibility index (Phi) is 9.80. The zero-order chi connectivity index (χ0) is 30.4. The van der Waals surface area contributed by atoms with E-state index in [0.717, 1.165) is 16.9 Å². The summed E-state index contributed by atoms with van der Waals surface area (Å²) >= 11 is 1.39. The number of ether oxygens (including phenoxy) is 3. The molecule has 0 radical (unpaired) electrons. The number of nitrogens with one attached hydrogen (secondary N) is 1. The first-order valence-electron chi connectivity index (χ1n) is 14.0. The summed E-state index contributed by atoms with van der Waals surface area (Å²) < 4.78 is 44.8. The van der Waals surface area contributed by atoms with Crippen molar-refractivity contribution >= 4 is 33.4 Å². The molecule has 2 N–H and O–H groups in total. The van der Waals surface area contributed by atoms with Crippen molar-refractivity contribution in [2.24, 2.45) is 0 Å². The minimum Gasteiger partial charge on any atom is -0.454 e. The van der Waals surface area contributed by atoms with Crippen molar-refractivity contribution in [2.75, 3.05) is 26.4 Å². The predicted octanol–water partition coefficient (Wildman–Crippen LogP) is 2.77. The van der Waals surface area contributed by atoms with Crippen LogP contribution in [-0.4, -0.2) is 84.4 Å². The van der Waals surface area contributed by atoms with Crippen LogP contribution in [0.5, 0.6) is 11.5 Å². The number of aliphatic hydroxyl groups is 1. The van der Waals surface area contributed by atoms with Crippen LogP contribution < -0.4 is 14.8 Å². The van der Waals surface area contributed by atoms with Gasteiger partial charge in [0.1, 0.15) is 0 Å². The van der Waals surface area contributed by atoms with Gasteiger partial charge in [-0.1, -0.05) is 43.7 Å². The number of nitrogens with zero attached hydrogens (tertiary/aromatic N) is 3. The fraction of sp³-hybridized carbons (Fsp3) is 0.414. The van der Waals surface area contributed by atoms with Crippen molar-refractivity contribution in [3.05, 3.63) is 70.7 Å². The molecule has 12 nitrogen and oxygen atoms in total. The molecule has 1 fully saturated rings. The van der Waals surface area contributed by atoms with E-state index in [1.165, 1.54) is 32.7 Å². The van der Waals surface area contributed by atoms with E-state index in [2.05, 4.69) is 10.3 Å². The van der Waals surface area contributed by atoms with Gasteiger partial charge in [-0.25, -0.2) is 13.2 Å². The number of unbranched alkanes of at least 4 members (excludes halogenated alkanes) is 1. The molecule has 0 aliphatic carbocycles. The number of rotatable bonds is 14. The summed E-state index contributed by atoms with van der Waals surface area (Å²) in [6.07, 6.45) is 0.201. The molecule has 3 aromatic rings. The Bertz CT molecular complexity index is 1500. The van der Waals surface area contributed by atoms with E-state index in [0.29, 0.717) is 17.9 Å². The van der Waals surface area contributed by atoms with Gasteiger partial charge in [0.25, 0.3) is 5.91 Å². The number of benzene rings is 2. The van der Waals surface area contributed by atoms with Crippen LogP contribution in [0.3, 0.4) is 0 Å². The second kappa shape index (κ2) is 13.7. The molecule has 1 saturated heterocycles. The standard InChI is InChI=1S/C29H34N4O8S2/c1-2-3-11-33(43(37,38)22-9-10-25-26(13-22)40-19-39-25)16-24(34)23(12-20-7-5-4-6-8-20)31-28(35)27-17-32(29(36)41-27)15-21-14-30-18-42-21/h4-10,13-14,18,23-24,27,34H,2-3,11-12,15-17,19H2,1H3,(H,31,35). The fourth-order valence-corrected chi connectivity index (χ4v) is 7.00. The maximum absolute atomic E-state index is 13.8. The lowest BCUT2D eigenvalue weighted by atomic mass is 10.0. The summed E-state index contributed by atoms with van der Waals surface area (Å²) in [6, 6.07) is 12.8. The first kappa shape index (κ1) is 30.7. The van der Waals surface area contributed by atoms with Crippen molar-refractivity contribution in [1.82, 2.24) is 19.5 Å². The summed E-state index contributed by atoms with van der Waals surface area (Å²) in [4.78, 5) is 32.1. The predicted molar refractivity (Wildman–Crippen MR) is 157 cm³/mol. The first-order chi connectivity index (χ1) is 20.7. The summed E-state index contributed by atoms with van der Waals surface area (Å²) in [6.45, 7) is 2.17. The molecule has 230 valence electrons. The smallest absolute Gasteiger partial charge is 0.411 e. The van der Waals surface area contributed by atoms with Gasteiger partial charge in [-0.3, -0.25) is 14.7 Å². The van der Waals surface area contributed by atoms with E-state index < -0.39 is 40.3 Å². The Labute approximate surface area is 254 Å². The normalized spacial score (nSPS) is 17.6. The highest BCUT2D eigenvalue weighted by atomic mass is 32.2. The van der Waals surface area contributed by atoms with E-state index in [9.17, 15) is 23.1 Å². The van der Waals surface area contributed by atoms with Crippen molar-refractivity contribution in [2.45, 2.75) is 55.9 Å². The molecular weight excluding hydrogens is 596 g/mol. The Morgan fingerprint density at radius 2 is 2.00 bits per heavy atom. The zero-order valence-electron chi connectivity index (χ0n) is 23.6. The highest BCUT2D eigenvalue weighted by Gasteiger charge is 2.38. The maximum atomic E-state index is 13.8. The highest BCUT2D eigenvalue weighted by Crippen LogP contribution is 2.35. The number of carbonyl (C=O) groups is 2. The van der Waals surface area contributed by atoms with Crippen LogP contribution in [0.25, 0.3) is 0 Å². The van der Waals surface area contributed by atoms with Gasteiger partial charge in [0, 0.05) is 30.2 Å². The van der Waals surface area contributed by atoms with Crippen LogP contribution >= 0.6 is 11.3 Å². The molecule has 14 heteroatoms. The molecule has 43 heavy (non-hydrogen) atoms. The molecule has 2 amide bonds. The largest absolute Gasteiger partial charge is 0.454 e. The molecular formula is C29H34N4O8S2. The summed E-state index contributed by atoms with van der Waals surface area (Å²) in [5.41, 5.74) is 2.49. The Morgan fingerprint density at radius 1 is 1.21 bits per heavy atom. The fourth-order valence-electron chi connectivity index (χ4n) is 4.88. The number of aromatic nitrogens is 1. The first-order valence-corrected chi connectivity index (χ1v) is 16.3. The molecule has 2 aliphatic rings. The Hall–Kier alpha value is -3.72. The average Bonchev–Trinajstić information content (AvgIpc) is 3.77. The number of hydrogen-bond acceptors (Lipinski definition) is 10. The molecule has 3 heterocycles. The second-order valence-corrected chi connectivity index (χ2v) is 13.2. The number of cyclic esters (lactones) is 1. The summed E-state index contributed by atoms with van der Waals surface area (Å²) in [7, 11) is -4.04. The van der Waals surface area contributed by atoms with Crippen molar-refractivity contribution in [3.8, 4) is 11.5 Å². The molecule has 0 saturated carbocycles. The topological polar surface area (TPSA) is 148 Å². The number of aliphatic hydroxyl groups excluding tert-OH is 1. The van der Waals surface area contributed by atoms with Crippen LogP contribution in [-0.2, 0) is 32.5 Å². The Morgan fingerprint density at radius 3 is 2.74 bits per heavy atom. The van der Waals surface area contributed by atoms with Gasteiger partial charge in [-0.15, -0.1) is 11.3 Å². The van der Waals surface area contributed by atoms with Gasteiger partial charge in [-0.05, 0) is 30.5 Å². The minimum absolute atomic E-state index is 0.0112. The molecule has 3 unspecified atom stereocenters. The van der Waals surface area contributed by atoms with Crippen LogP contribution in [0.1, 0.15) is 30.2 Å². The minimum atomic E-state index is -4.04. The van der Waals surface area contributed by atoms with Crippen LogP contribution in [0.2, 0.25) is 0 Å². The SMILES string of the molecule is CCCCN(CC(O)C(Cc1ccccc1)NC(=O)C1CN(Cc2cncs2)C(=O)O1)S(=O)(=O)c1ccc2c(c1)OCO2. The van der Waals surface area contributed by atoms with Crippen molar-refractivity contribution in [1.29, 1.82) is 0 Å². The Balaban J connectivity index is 1.33. The van der Waals surface area contributed by atoms with E-state index in [-0.39, 0.29) is 44.3 Å². The van der Waals surface area contributed by atoms with E-state index in [1.807, 2.05) is 37.3 Å². The lowest BCUT2D eigenvalue weighted by Crippen LogP contribution is -2.53. The monoisotopic (exact) mass is 630 g/mol. The van der Waals surface area contributed by atoms with E-state index in [4.69, 9.17) is 14.2 Å². The second-order valence-electron chi connectivity index (χ2n) is 10.3. The van der Waals surface area contributed by atoms with Crippen LogP contribution in [0.4, 0.5) is 4.79 Å². The lowest BCUT2D eigenvalue weighted by molar-refractivity contribution is -0.129. The zero-order valence-corrected chi connectivity index (χ0v) is 25.3. The third-order valence-corrected chi connectivity index (χ3v) is 9.86. The maximum Gasteiger partial charge on any atom is 0.411 e. The molecule has 0 bridgehead atoms. The van der Waals surface area contributed by atoms with Gasteiger partial charge in [0.15, 0.2) is 17.6 Å². The molecule has 1 aromatic heterocycles. The number of hydrogen-bond donors (Lipinski definition) is 2. The highest BCUT2D eigenvalue weighted by molar-refractivity contribution is 7.89. The molecule has 2 aromatic carbocycles. The van der Waals surface area contributed by atoms with Gasteiger partial charge >= 0.3 is 6.09 Å². The molecule has 3 atom stereocenters. The van der Waals surface area contributed by atoms with Crippen molar-refractivity contribution in [3.63, 3.8) is 0 Å². The van der Waals surface area contributed by atoms with Crippen LogP contribution in [0, 0.1) is 0 Å². The molecule has 0 spiro atoms. The van der Waals surface area contributed by atoms with Gasteiger partial charge in [0.2, 0.25) is 16.8 Å². The van der Waals surface area contributed by atoms with E-state index in [1.54, 1.807) is 17.8 Å². The average molecular weight is 631 g/mol. The summed E-state index contributed by atoms with van der Waals surface area (Å²) in [5.74, 6) is 0.226. The molecule has 2 aliphatic heterocycles. The number of carbonyl (C=O) groups excluding carboxylic acids is 2. The number of fused-ring (bicyclic) bond motifs is 1. The van der Waals surface area contributed by atoms with Crippen LogP contribution in [0.15, 0.2) is 65.1 Å². The summed E-state index contributed by atoms with van der Waals surface area (Å²) in [5, 5.41) is 14.3. The third kappa shape index (κ3) is 7.44.